The molecule has 2 rings (SSSR count). The van der Waals surface area contributed by atoms with Crippen molar-refractivity contribution in [3.05, 3.63) is 29.6 Å². The topological polar surface area (TPSA) is 21.7 Å². The van der Waals surface area contributed by atoms with Crippen LogP contribution in [0.5, 0.6) is 5.75 Å². The van der Waals surface area contributed by atoms with E-state index >= 15 is 0 Å². The summed E-state index contributed by atoms with van der Waals surface area (Å²) in [6.07, 6.45) is 2.43. The van der Waals surface area contributed by atoms with Crippen molar-refractivity contribution in [1.82, 2.24) is 4.90 Å². The van der Waals surface area contributed by atoms with E-state index in [-0.39, 0.29) is 5.82 Å². The minimum atomic E-state index is -0.304. The lowest BCUT2D eigenvalue weighted by Crippen LogP contribution is -2.36. The largest absolute Gasteiger partial charge is 0.494 e. The first kappa shape index (κ1) is 14.3. The molecule has 1 fully saturated rings. The van der Waals surface area contributed by atoms with Crippen molar-refractivity contribution >= 4 is 0 Å². The van der Waals surface area contributed by atoms with E-state index in [9.17, 15) is 4.39 Å². The molecular weight excluding hydrogens is 245 g/mol. The zero-order chi connectivity index (χ0) is 13.7. The number of rotatable bonds is 5. The number of nitrogens with zero attached hydrogens (tertiary/aromatic N) is 1. The van der Waals surface area contributed by atoms with E-state index < -0.39 is 0 Å². The second kappa shape index (κ2) is 6.87. The molecule has 1 aliphatic heterocycles. The minimum Gasteiger partial charge on any atom is -0.494 e. The number of hydrogen-bond donors (Lipinski definition) is 0. The fourth-order valence-corrected chi connectivity index (χ4v) is 2.73. The Kier molecular flexibility index (Phi) is 5.16. The van der Waals surface area contributed by atoms with Gasteiger partial charge in [-0.15, -0.1) is 0 Å². The van der Waals surface area contributed by atoms with Crippen LogP contribution in [0.3, 0.4) is 0 Å². The molecule has 19 heavy (non-hydrogen) atoms. The van der Waals surface area contributed by atoms with Crippen molar-refractivity contribution in [2.24, 2.45) is 5.92 Å². The second-order valence-electron chi connectivity index (χ2n) is 5.17. The van der Waals surface area contributed by atoms with Gasteiger partial charge in [0.1, 0.15) is 0 Å². The van der Waals surface area contributed by atoms with Crippen LogP contribution in [-0.4, -0.2) is 38.8 Å². The van der Waals surface area contributed by atoms with E-state index in [1.165, 1.54) is 26.0 Å². The van der Waals surface area contributed by atoms with Gasteiger partial charge in [0, 0.05) is 20.2 Å². The average molecular weight is 267 g/mol. The van der Waals surface area contributed by atoms with Crippen molar-refractivity contribution in [2.45, 2.75) is 19.4 Å². The zero-order valence-corrected chi connectivity index (χ0v) is 11.7. The molecule has 0 amide bonds. The molecule has 1 aromatic carbocycles. The third kappa shape index (κ3) is 3.91. The van der Waals surface area contributed by atoms with Crippen LogP contribution in [0.2, 0.25) is 0 Å². The number of likely N-dealkylation sites (tertiary alicyclic amines) is 1. The lowest BCUT2D eigenvalue weighted by Gasteiger charge is -2.32. The first-order valence-corrected chi connectivity index (χ1v) is 6.76. The lowest BCUT2D eigenvalue weighted by molar-refractivity contribution is 0.0873. The maximum absolute atomic E-state index is 13.4. The summed E-state index contributed by atoms with van der Waals surface area (Å²) in [7, 11) is 3.25. The molecule has 0 aromatic heterocycles. The van der Waals surface area contributed by atoms with Crippen LogP contribution >= 0.6 is 0 Å². The van der Waals surface area contributed by atoms with Crippen LogP contribution in [0.15, 0.2) is 18.2 Å². The Morgan fingerprint density at radius 2 is 2.21 bits per heavy atom. The van der Waals surface area contributed by atoms with E-state index in [0.29, 0.717) is 11.7 Å². The molecule has 1 aliphatic rings. The summed E-state index contributed by atoms with van der Waals surface area (Å²) in [5.74, 6) is 0.631. The molecule has 1 atom stereocenters. The van der Waals surface area contributed by atoms with Gasteiger partial charge in [-0.25, -0.2) is 4.39 Å². The van der Waals surface area contributed by atoms with Gasteiger partial charge in [-0.1, -0.05) is 6.07 Å². The van der Waals surface area contributed by atoms with Gasteiger partial charge in [-0.3, -0.25) is 4.90 Å². The Morgan fingerprint density at radius 3 is 2.95 bits per heavy atom. The van der Waals surface area contributed by atoms with E-state index in [1.54, 1.807) is 13.2 Å². The summed E-state index contributed by atoms with van der Waals surface area (Å²) in [4.78, 5) is 2.40. The van der Waals surface area contributed by atoms with E-state index in [0.717, 1.165) is 31.8 Å². The summed E-state index contributed by atoms with van der Waals surface area (Å²) in [5, 5.41) is 0. The molecule has 3 nitrogen and oxygen atoms in total. The number of halogens is 1. The molecule has 0 saturated carbocycles. The van der Waals surface area contributed by atoms with Gasteiger partial charge in [0.05, 0.1) is 13.7 Å². The molecule has 0 unspecified atom stereocenters. The maximum Gasteiger partial charge on any atom is 0.165 e. The van der Waals surface area contributed by atoms with Gasteiger partial charge < -0.3 is 9.47 Å². The number of ether oxygens (including phenoxy) is 2. The molecular formula is C15H22FNO2. The van der Waals surface area contributed by atoms with E-state index in [1.807, 2.05) is 6.07 Å². The molecule has 1 saturated heterocycles. The van der Waals surface area contributed by atoms with Crippen molar-refractivity contribution in [3.8, 4) is 5.75 Å². The SMILES string of the molecule is COC[C@@H]1CCCN(Cc2ccc(F)c(OC)c2)C1. The Hall–Kier alpha value is -1.13. The summed E-state index contributed by atoms with van der Waals surface area (Å²) in [5.41, 5.74) is 1.09. The van der Waals surface area contributed by atoms with Gasteiger partial charge in [-0.2, -0.15) is 0 Å². The Balaban J connectivity index is 1.96. The van der Waals surface area contributed by atoms with E-state index in [2.05, 4.69) is 4.90 Å². The Morgan fingerprint density at radius 1 is 1.37 bits per heavy atom. The summed E-state index contributed by atoms with van der Waals surface area (Å²) >= 11 is 0. The molecule has 0 spiro atoms. The molecule has 0 N–H and O–H groups in total. The summed E-state index contributed by atoms with van der Waals surface area (Å²) in [6.45, 7) is 3.81. The van der Waals surface area contributed by atoms with Crippen LogP contribution in [0.4, 0.5) is 4.39 Å². The number of methoxy groups -OCH3 is 2. The van der Waals surface area contributed by atoms with Crippen molar-refractivity contribution in [2.75, 3.05) is 33.9 Å². The number of benzene rings is 1. The molecule has 4 heteroatoms. The standard InChI is InChI=1S/C15H22FNO2/c1-18-11-13-4-3-7-17(10-13)9-12-5-6-14(16)15(8-12)19-2/h5-6,8,13H,3-4,7,9-11H2,1-2H3/t13-/m1/s1. The average Bonchev–Trinajstić information content (AvgIpc) is 2.42. The fourth-order valence-electron chi connectivity index (χ4n) is 2.73. The van der Waals surface area contributed by atoms with Gasteiger partial charge in [0.15, 0.2) is 11.6 Å². The van der Waals surface area contributed by atoms with Crippen LogP contribution < -0.4 is 4.74 Å². The molecule has 0 aliphatic carbocycles. The number of piperidine rings is 1. The highest BCUT2D eigenvalue weighted by Crippen LogP contribution is 2.22. The monoisotopic (exact) mass is 267 g/mol. The highest BCUT2D eigenvalue weighted by molar-refractivity contribution is 5.30. The lowest BCUT2D eigenvalue weighted by atomic mass is 9.98. The minimum absolute atomic E-state index is 0.304. The van der Waals surface area contributed by atoms with Crippen LogP contribution in [0.1, 0.15) is 18.4 Å². The van der Waals surface area contributed by atoms with Crippen LogP contribution in [0.25, 0.3) is 0 Å². The molecule has 106 valence electrons. The molecule has 1 aromatic rings. The normalized spacial score (nSPS) is 20.5. The fraction of sp³-hybridized carbons (Fsp3) is 0.600. The quantitative estimate of drug-likeness (QED) is 0.818. The van der Waals surface area contributed by atoms with Crippen LogP contribution in [-0.2, 0) is 11.3 Å². The Bertz CT molecular complexity index is 409. The van der Waals surface area contributed by atoms with Gasteiger partial charge in [0.25, 0.3) is 0 Å². The number of hydrogen-bond acceptors (Lipinski definition) is 3. The zero-order valence-electron chi connectivity index (χ0n) is 11.7. The van der Waals surface area contributed by atoms with Gasteiger partial charge >= 0.3 is 0 Å². The van der Waals surface area contributed by atoms with Gasteiger partial charge in [-0.05, 0) is 43.0 Å². The first-order chi connectivity index (χ1) is 9.22. The van der Waals surface area contributed by atoms with Crippen molar-refractivity contribution in [1.29, 1.82) is 0 Å². The highest BCUT2D eigenvalue weighted by atomic mass is 19.1. The van der Waals surface area contributed by atoms with Gasteiger partial charge in [0.2, 0.25) is 0 Å². The second-order valence-corrected chi connectivity index (χ2v) is 5.17. The van der Waals surface area contributed by atoms with E-state index in [4.69, 9.17) is 9.47 Å². The van der Waals surface area contributed by atoms with Crippen LogP contribution in [0, 0.1) is 11.7 Å². The predicted octanol–water partition coefficient (Wildman–Crippen LogP) is 2.69. The van der Waals surface area contributed by atoms with Crippen molar-refractivity contribution < 1.29 is 13.9 Å². The predicted molar refractivity (Wildman–Crippen MR) is 72.8 cm³/mol. The Labute approximate surface area is 114 Å². The summed E-state index contributed by atoms with van der Waals surface area (Å²) in [6, 6.07) is 5.10. The third-order valence-electron chi connectivity index (χ3n) is 3.63. The molecule has 0 bridgehead atoms. The maximum atomic E-state index is 13.4. The smallest absolute Gasteiger partial charge is 0.165 e. The molecule has 0 radical (unpaired) electrons. The third-order valence-corrected chi connectivity index (χ3v) is 3.63. The molecule has 1 heterocycles. The first-order valence-electron chi connectivity index (χ1n) is 6.76. The highest BCUT2D eigenvalue weighted by Gasteiger charge is 2.20. The summed E-state index contributed by atoms with van der Waals surface area (Å²) < 4.78 is 23.6. The van der Waals surface area contributed by atoms with Crippen molar-refractivity contribution in [3.63, 3.8) is 0 Å².